The first-order valence-electron chi connectivity index (χ1n) is 10.8. The van der Waals surface area contributed by atoms with Gasteiger partial charge in [0.1, 0.15) is 11.4 Å². The Morgan fingerprint density at radius 1 is 0.882 bits per heavy atom. The molecular weight excluding hydrogens is 430 g/mol. The number of methoxy groups -OCH3 is 1. The van der Waals surface area contributed by atoms with Crippen molar-refractivity contribution in [3.05, 3.63) is 89.1 Å². The molecule has 3 aromatic rings. The van der Waals surface area contributed by atoms with Crippen LogP contribution in [-0.4, -0.2) is 24.8 Å². The van der Waals surface area contributed by atoms with Crippen LogP contribution < -0.4 is 20.3 Å². The summed E-state index contributed by atoms with van der Waals surface area (Å²) in [6.45, 7) is 5.21. The maximum atomic E-state index is 13.7. The Bertz CT molecular complexity index is 1330. The molecule has 0 saturated carbocycles. The lowest BCUT2D eigenvalue weighted by Crippen LogP contribution is -2.33. The molecule has 4 rings (SSSR count). The quantitative estimate of drug-likeness (QED) is 0.528. The van der Waals surface area contributed by atoms with E-state index in [2.05, 4.69) is 10.6 Å². The van der Waals surface area contributed by atoms with Gasteiger partial charge in [0.05, 0.1) is 18.4 Å². The molecule has 0 aliphatic carbocycles. The van der Waals surface area contributed by atoms with Gasteiger partial charge in [0.25, 0.3) is 11.8 Å². The predicted octanol–water partition coefficient (Wildman–Crippen LogP) is 4.67. The lowest BCUT2D eigenvalue weighted by molar-refractivity contribution is -0.120. The molecule has 0 bridgehead atoms. The molecule has 0 atom stereocenters. The van der Waals surface area contributed by atoms with Crippen molar-refractivity contribution in [1.29, 1.82) is 0 Å². The standard InChI is InChI=1S/C27H25N3O4/c1-16-9-10-17(2)22(15-16)30-26(32)24(21-7-5-6-8-23(21)34-4)25(27(30)33)29-20-13-11-19(12-14-20)28-18(3)31/h5-15,29H,1-4H3,(H,28,31). The molecule has 0 aromatic heterocycles. The van der Waals surface area contributed by atoms with E-state index in [1.54, 1.807) is 48.5 Å². The highest BCUT2D eigenvalue weighted by molar-refractivity contribution is 6.46. The normalized spacial score (nSPS) is 13.4. The Morgan fingerprint density at radius 2 is 1.56 bits per heavy atom. The van der Waals surface area contributed by atoms with Gasteiger partial charge >= 0.3 is 0 Å². The van der Waals surface area contributed by atoms with E-state index < -0.39 is 11.8 Å². The van der Waals surface area contributed by atoms with E-state index >= 15 is 0 Å². The van der Waals surface area contributed by atoms with Gasteiger partial charge in [-0.3, -0.25) is 14.4 Å². The smallest absolute Gasteiger partial charge is 0.282 e. The van der Waals surface area contributed by atoms with Crippen LogP contribution in [0.15, 0.2) is 72.4 Å². The van der Waals surface area contributed by atoms with Crippen LogP contribution in [0.3, 0.4) is 0 Å². The third-order valence-corrected chi connectivity index (χ3v) is 5.54. The molecule has 2 N–H and O–H groups in total. The summed E-state index contributed by atoms with van der Waals surface area (Å²) in [7, 11) is 1.52. The van der Waals surface area contributed by atoms with Gasteiger partial charge in [-0.15, -0.1) is 0 Å². The van der Waals surface area contributed by atoms with E-state index in [-0.39, 0.29) is 17.2 Å². The molecule has 0 saturated heterocycles. The average Bonchev–Trinajstić information content (AvgIpc) is 3.05. The zero-order chi connectivity index (χ0) is 24.4. The number of hydrogen-bond acceptors (Lipinski definition) is 5. The monoisotopic (exact) mass is 455 g/mol. The SMILES string of the molecule is COc1ccccc1C1=C(Nc2ccc(NC(C)=O)cc2)C(=O)N(c2cc(C)ccc2C)C1=O. The van der Waals surface area contributed by atoms with Gasteiger partial charge in [-0.05, 0) is 61.4 Å². The second-order valence-corrected chi connectivity index (χ2v) is 8.07. The summed E-state index contributed by atoms with van der Waals surface area (Å²) < 4.78 is 5.49. The first kappa shape index (κ1) is 22.8. The van der Waals surface area contributed by atoms with Crippen LogP contribution in [0.4, 0.5) is 17.1 Å². The number of amides is 3. The molecule has 1 aliphatic rings. The summed E-state index contributed by atoms with van der Waals surface area (Å²) in [6, 6.07) is 19.7. The fourth-order valence-electron chi connectivity index (χ4n) is 3.91. The van der Waals surface area contributed by atoms with Crippen LogP contribution in [0, 0.1) is 13.8 Å². The van der Waals surface area contributed by atoms with Crippen LogP contribution in [0.1, 0.15) is 23.6 Å². The summed E-state index contributed by atoms with van der Waals surface area (Å²) in [5, 5.41) is 5.84. The van der Waals surface area contributed by atoms with Crippen LogP contribution in [0.5, 0.6) is 5.75 Å². The highest BCUT2D eigenvalue weighted by atomic mass is 16.5. The number of rotatable bonds is 6. The minimum Gasteiger partial charge on any atom is -0.496 e. The molecule has 0 unspecified atom stereocenters. The van der Waals surface area contributed by atoms with Crippen molar-refractivity contribution >= 4 is 40.4 Å². The first-order valence-corrected chi connectivity index (χ1v) is 10.8. The van der Waals surface area contributed by atoms with E-state index in [9.17, 15) is 14.4 Å². The van der Waals surface area contributed by atoms with Crippen molar-refractivity contribution < 1.29 is 19.1 Å². The maximum absolute atomic E-state index is 13.7. The summed E-state index contributed by atoms with van der Waals surface area (Å²) in [6.07, 6.45) is 0. The van der Waals surface area contributed by atoms with Gasteiger partial charge in [0, 0.05) is 23.9 Å². The van der Waals surface area contributed by atoms with Gasteiger partial charge in [0.15, 0.2) is 0 Å². The highest BCUT2D eigenvalue weighted by Crippen LogP contribution is 2.38. The van der Waals surface area contributed by atoms with Crippen LogP contribution in [0.2, 0.25) is 0 Å². The van der Waals surface area contributed by atoms with Crippen LogP contribution >= 0.6 is 0 Å². The number of carbonyl (C=O) groups is 3. The molecule has 7 heteroatoms. The number of anilines is 3. The summed E-state index contributed by atoms with van der Waals surface area (Å²) >= 11 is 0. The predicted molar refractivity (Wildman–Crippen MR) is 133 cm³/mol. The van der Waals surface area contributed by atoms with E-state index in [1.165, 1.54) is 18.9 Å². The minimum atomic E-state index is -0.453. The number of aryl methyl sites for hydroxylation is 2. The summed E-state index contributed by atoms with van der Waals surface area (Å²) in [4.78, 5) is 39.9. The molecule has 7 nitrogen and oxygen atoms in total. The van der Waals surface area contributed by atoms with Crippen molar-refractivity contribution in [2.75, 3.05) is 22.6 Å². The van der Waals surface area contributed by atoms with E-state index in [1.807, 2.05) is 32.0 Å². The fraction of sp³-hybridized carbons (Fsp3) is 0.148. The van der Waals surface area contributed by atoms with Crippen LogP contribution in [0.25, 0.3) is 5.57 Å². The van der Waals surface area contributed by atoms with Crippen molar-refractivity contribution in [2.24, 2.45) is 0 Å². The number of ether oxygens (including phenoxy) is 1. The molecule has 0 radical (unpaired) electrons. The van der Waals surface area contributed by atoms with Gasteiger partial charge in [-0.1, -0.05) is 30.3 Å². The Morgan fingerprint density at radius 3 is 2.24 bits per heavy atom. The van der Waals surface area contributed by atoms with Gasteiger partial charge < -0.3 is 15.4 Å². The molecule has 3 aromatic carbocycles. The van der Waals surface area contributed by atoms with Crippen molar-refractivity contribution in [3.8, 4) is 5.75 Å². The molecule has 172 valence electrons. The van der Waals surface area contributed by atoms with Crippen LogP contribution in [-0.2, 0) is 14.4 Å². The Labute approximate surface area is 198 Å². The average molecular weight is 456 g/mol. The molecular formula is C27H25N3O4. The highest BCUT2D eigenvalue weighted by Gasteiger charge is 2.41. The molecule has 1 aliphatic heterocycles. The lowest BCUT2D eigenvalue weighted by Gasteiger charge is -2.18. The molecule has 3 amide bonds. The second-order valence-electron chi connectivity index (χ2n) is 8.07. The molecule has 0 fully saturated rings. The van der Waals surface area contributed by atoms with Gasteiger partial charge in [-0.25, -0.2) is 4.90 Å². The third kappa shape index (κ3) is 4.28. The summed E-state index contributed by atoms with van der Waals surface area (Å²) in [5.41, 5.74) is 4.43. The Balaban J connectivity index is 1.82. The maximum Gasteiger partial charge on any atom is 0.282 e. The number of carbonyl (C=O) groups excluding carboxylic acids is 3. The molecule has 34 heavy (non-hydrogen) atoms. The zero-order valence-corrected chi connectivity index (χ0v) is 19.4. The van der Waals surface area contributed by atoms with Crippen molar-refractivity contribution in [3.63, 3.8) is 0 Å². The Hall–Kier alpha value is -4.39. The van der Waals surface area contributed by atoms with Crippen molar-refractivity contribution in [2.45, 2.75) is 20.8 Å². The number of benzene rings is 3. The molecule has 0 spiro atoms. The topological polar surface area (TPSA) is 87.7 Å². The number of imide groups is 1. The number of para-hydroxylation sites is 1. The largest absolute Gasteiger partial charge is 0.496 e. The van der Waals surface area contributed by atoms with Gasteiger partial charge in [-0.2, -0.15) is 0 Å². The first-order chi connectivity index (χ1) is 16.3. The number of nitrogens with one attached hydrogen (secondary N) is 2. The van der Waals surface area contributed by atoms with E-state index in [0.717, 1.165) is 11.1 Å². The van der Waals surface area contributed by atoms with Gasteiger partial charge in [0.2, 0.25) is 5.91 Å². The fourth-order valence-corrected chi connectivity index (χ4v) is 3.91. The zero-order valence-electron chi connectivity index (χ0n) is 19.4. The van der Waals surface area contributed by atoms with E-state index in [4.69, 9.17) is 4.74 Å². The van der Waals surface area contributed by atoms with E-state index in [0.29, 0.717) is 28.4 Å². The number of nitrogens with zero attached hydrogens (tertiary/aromatic N) is 1. The minimum absolute atomic E-state index is 0.155. The lowest BCUT2D eigenvalue weighted by atomic mass is 10.0. The third-order valence-electron chi connectivity index (χ3n) is 5.54. The number of hydrogen-bond donors (Lipinski definition) is 2. The van der Waals surface area contributed by atoms with Crippen molar-refractivity contribution in [1.82, 2.24) is 0 Å². The molecule has 1 heterocycles. The Kier molecular flexibility index (Phi) is 6.19. The summed E-state index contributed by atoms with van der Waals surface area (Å²) in [5.74, 6) is -0.574. The second kappa shape index (κ2) is 9.23.